The third-order valence-corrected chi connectivity index (χ3v) is 8.44. The summed E-state index contributed by atoms with van der Waals surface area (Å²) in [7, 11) is 1.44. The zero-order valence-electron chi connectivity index (χ0n) is 24.8. The van der Waals surface area contributed by atoms with Gasteiger partial charge in [0.1, 0.15) is 27.7 Å². The van der Waals surface area contributed by atoms with E-state index in [2.05, 4.69) is 16.8 Å². The van der Waals surface area contributed by atoms with Gasteiger partial charge in [-0.05, 0) is 59.6 Å². The van der Waals surface area contributed by atoms with Crippen molar-refractivity contribution in [2.75, 3.05) is 20.2 Å². The highest BCUT2D eigenvalue weighted by Crippen LogP contribution is 2.32. The van der Waals surface area contributed by atoms with Gasteiger partial charge in [-0.2, -0.15) is 10.2 Å². The second-order valence-corrected chi connectivity index (χ2v) is 11.4. The Hall–Kier alpha value is -3.84. The lowest BCUT2D eigenvalue weighted by Crippen LogP contribution is -2.47. The second kappa shape index (κ2) is 13.0. The lowest BCUT2D eigenvalue weighted by Gasteiger charge is -2.26. The van der Waals surface area contributed by atoms with E-state index >= 15 is 0 Å². The van der Waals surface area contributed by atoms with E-state index in [1.807, 2.05) is 13.8 Å². The predicted octanol–water partition coefficient (Wildman–Crippen LogP) is 4.05. The number of thiophene rings is 1. The van der Waals surface area contributed by atoms with Crippen LogP contribution in [-0.4, -0.2) is 67.3 Å². The largest absolute Gasteiger partial charge is 0.496 e. The van der Waals surface area contributed by atoms with Crippen molar-refractivity contribution in [1.82, 2.24) is 29.0 Å². The van der Waals surface area contributed by atoms with Crippen molar-refractivity contribution in [1.29, 1.82) is 0 Å². The summed E-state index contributed by atoms with van der Waals surface area (Å²) < 4.78 is 28.5. The fraction of sp³-hybridized carbons (Fsp3) is 0.483. The summed E-state index contributed by atoms with van der Waals surface area (Å²) in [6.45, 7) is 13.1. The molecule has 4 rings (SSSR count). The Morgan fingerprint density at radius 1 is 1.19 bits per heavy atom. The highest BCUT2D eigenvalue weighted by atomic mass is 32.1. The smallest absolute Gasteiger partial charge is 0.332 e. The van der Waals surface area contributed by atoms with Gasteiger partial charge in [0, 0.05) is 24.2 Å². The Morgan fingerprint density at radius 3 is 2.38 bits per heavy atom. The van der Waals surface area contributed by atoms with Crippen LogP contribution < -0.4 is 11.2 Å². The van der Waals surface area contributed by atoms with Gasteiger partial charge < -0.3 is 14.4 Å². The molecule has 3 aromatic heterocycles. The Labute approximate surface area is 247 Å². The SMILES string of the molecule is C=C/C(OC)=C(\C=C(/C)F)[C@H](Cn1c(=O)n(C(C)C(=O)N2CCCC2)c(=O)c2c(C)c(-n3nccn3)sc21)OC(C)C. The number of amides is 1. The molecule has 0 aromatic carbocycles. The van der Waals surface area contributed by atoms with Crippen molar-refractivity contribution in [2.45, 2.75) is 72.3 Å². The zero-order valence-corrected chi connectivity index (χ0v) is 25.6. The van der Waals surface area contributed by atoms with Gasteiger partial charge in [0.2, 0.25) is 5.91 Å². The maximum absolute atomic E-state index is 14.3. The highest BCUT2D eigenvalue weighted by Gasteiger charge is 2.31. The molecule has 11 nitrogen and oxygen atoms in total. The monoisotopic (exact) mass is 600 g/mol. The van der Waals surface area contributed by atoms with E-state index in [1.165, 1.54) is 59.3 Å². The molecule has 0 aliphatic carbocycles. The molecule has 1 saturated heterocycles. The minimum absolute atomic E-state index is 0.107. The van der Waals surface area contributed by atoms with Gasteiger partial charge in [0.05, 0.1) is 43.4 Å². The van der Waals surface area contributed by atoms with E-state index in [-0.39, 0.29) is 29.7 Å². The molecule has 2 atom stereocenters. The van der Waals surface area contributed by atoms with Crippen molar-refractivity contribution in [3.63, 3.8) is 0 Å². The number of carbonyl (C=O) groups is 1. The van der Waals surface area contributed by atoms with Gasteiger partial charge in [-0.1, -0.05) is 17.9 Å². The summed E-state index contributed by atoms with van der Waals surface area (Å²) >= 11 is 1.18. The number of carbonyl (C=O) groups excluding carboxylic acids is 1. The second-order valence-electron chi connectivity index (χ2n) is 10.4. The van der Waals surface area contributed by atoms with Gasteiger partial charge in [-0.25, -0.2) is 13.8 Å². The minimum atomic E-state index is -1.04. The molecule has 0 spiro atoms. The van der Waals surface area contributed by atoms with Crippen molar-refractivity contribution in [2.24, 2.45) is 0 Å². The summed E-state index contributed by atoms with van der Waals surface area (Å²) in [5.41, 5.74) is -0.343. The van der Waals surface area contributed by atoms with Crippen LogP contribution >= 0.6 is 11.3 Å². The van der Waals surface area contributed by atoms with E-state index in [0.717, 1.165) is 17.4 Å². The first-order valence-corrected chi connectivity index (χ1v) is 14.7. The summed E-state index contributed by atoms with van der Waals surface area (Å²) in [5.74, 6) is -0.513. The number of likely N-dealkylation sites (tertiary alicyclic amines) is 1. The van der Waals surface area contributed by atoms with Crippen LogP contribution in [0.2, 0.25) is 0 Å². The standard InChI is InChI=1S/C29H37FN6O5S/c1-8-22(40-7)21(15-18(4)30)23(41-17(2)3)16-34-28-24(19(5)27(42-28)36-31-11-12-32-36)26(38)35(29(34)39)20(6)25(37)33-13-9-10-14-33/h8,11-12,15,17,20,23H,1,9-10,13-14,16H2,2-7H3/b18-15+,22-21-/t20?,23-/m0/s1. The highest BCUT2D eigenvalue weighted by molar-refractivity contribution is 7.21. The summed E-state index contributed by atoms with van der Waals surface area (Å²) in [4.78, 5) is 45.1. The van der Waals surface area contributed by atoms with Crippen LogP contribution in [0.1, 0.15) is 52.1 Å². The number of hydrogen-bond acceptors (Lipinski definition) is 8. The number of aryl methyl sites for hydroxylation is 1. The van der Waals surface area contributed by atoms with E-state index in [4.69, 9.17) is 9.47 Å². The van der Waals surface area contributed by atoms with Crippen LogP contribution in [-0.2, 0) is 20.8 Å². The van der Waals surface area contributed by atoms with E-state index < -0.39 is 29.2 Å². The Kier molecular flexibility index (Phi) is 9.62. The molecule has 42 heavy (non-hydrogen) atoms. The molecule has 0 N–H and O–H groups in total. The maximum Gasteiger partial charge on any atom is 0.332 e. The summed E-state index contributed by atoms with van der Waals surface area (Å²) in [6, 6.07) is -1.04. The van der Waals surface area contributed by atoms with Crippen molar-refractivity contribution >= 4 is 27.5 Å². The topological polar surface area (TPSA) is 113 Å². The van der Waals surface area contributed by atoms with Crippen molar-refractivity contribution in [3.8, 4) is 5.00 Å². The van der Waals surface area contributed by atoms with E-state index in [0.29, 0.717) is 34.1 Å². The molecule has 1 aliphatic rings. The molecule has 0 radical (unpaired) electrons. The zero-order chi connectivity index (χ0) is 30.7. The van der Waals surface area contributed by atoms with Gasteiger partial charge in [0.25, 0.3) is 5.56 Å². The average Bonchev–Trinajstić information content (AvgIpc) is 3.71. The quantitative estimate of drug-likeness (QED) is 0.241. The molecule has 1 aliphatic heterocycles. The summed E-state index contributed by atoms with van der Waals surface area (Å²) in [5, 5.41) is 9.26. The van der Waals surface area contributed by atoms with Gasteiger partial charge in [-0.15, -0.1) is 4.80 Å². The Balaban J connectivity index is 2.02. The normalized spacial score (nSPS) is 16.2. The van der Waals surface area contributed by atoms with Crippen LogP contribution in [0.25, 0.3) is 15.2 Å². The number of nitrogens with zero attached hydrogens (tertiary/aromatic N) is 6. The molecular formula is C29H37FN6O5S. The van der Waals surface area contributed by atoms with Crippen molar-refractivity contribution in [3.05, 3.63) is 74.7 Å². The third kappa shape index (κ3) is 6.02. The van der Waals surface area contributed by atoms with E-state index in [9.17, 15) is 18.8 Å². The number of methoxy groups -OCH3 is 1. The Bertz CT molecular complexity index is 1640. The number of halogens is 1. The molecule has 4 heterocycles. The molecule has 226 valence electrons. The number of allylic oxidation sites excluding steroid dienone is 2. The van der Waals surface area contributed by atoms with Crippen LogP contribution in [0.5, 0.6) is 0 Å². The Morgan fingerprint density at radius 2 is 1.83 bits per heavy atom. The first kappa shape index (κ1) is 31.1. The number of rotatable bonds is 11. The fourth-order valence-corrected chi connectivity index (χ4v) is 6.46. The summed E-state index contributed by atoms with van der Waals surface area (Å²) in [6.07, 6.45) is 6.30. The first-order chi connectivity index (χ1) is 20.0. The molecule has 1 amide bonds. The van der Waals surface area contributed by atoms with Crippen LogP contribution in [0.15, 0.2) is 57.9 Å². The van der Waals surface area contributed by atoms with Gasteiger partial charge in [-0.3, -0.25) is 14.2 Å². The lowest BCUT2D eigenvalue weighted by molar-refractivity contribution is -0.133. The predicted molar refractivity (Wildman–Crippen MR) is 160 cm³/mol. The van der Waals surface area contributed by atoms with Crippen LogP contribution in [0.4, 0.5) is 4.39 Å². The molecule has 1 fully saturated rings. The maximum atomic E-state index is 14.3. The number of fused-ring (bicyclic) bond motifs is 1. The number of hydrogen-bond donors (Lipinski definition) is 0. The third-order valence-electron chi connectivity index (χ3n) is 7.16. The van der Waals surface area contributed by atoms with Gasteiger partial charge in [0.15, 0.2) is 0 Å². The fourth-order valence-electron chi connectivity index (χ4n) is 5.24. The first-order valence-electron chi connectivity index (χ1n) is 13.8. The van der Waals surface area contributed by atoms with Crippen LogP contribution in [0.3, 0.4) is 0 Å². The molecule has 1 unspecified atom stereocenters. The van der Waals surface area contributed by atoms with Crippen LogP contribution in [0, 0.1) is 6.92 Å². The molecule has 0 bridgehead atoms. The number of aromatic nitrogens is 5. The lowest BCUT2D eigenvalue weighted by atomic mass is 10.1. The number of ether oxygens (including phenoxy) is 2. The van der Waals surface area contributed by atoms with Crippen molar-refractivity contribution < 1.29 is 18.7 Å². The molecule has 3 aromatic rings. The average molecular weight is 601 g/mol. The molecular weight excluding hydrogens is 563 g/mol. The van der Waals surface area contributed by atoms with Gasteiger partial charge >= 0.3 is 5.69 Å². The minimum Gasteiger partial charge on any atom is -0.496 e. The van der Waals surface area contributed by atoms with E-state index in [1.54, 1.807) is 18.7 Å². The molecule has 13 heteroatoms. The molecule has 0 saturated carbocycles.